The summed E-state index contributed by atoms with van der Waals surface area (Å²) < 4.78 is 4.78. The van der Waals surface area contributed by atoms with E-state index in [1.807, 2.05) is 0 Å². The second-order valence-corrected chi connectivity index (χ2v) is 5.84. The van der Waals surface area contributed by atoms with Crippen LogP contribution < -0.4 is 5.73 Å². The van der Waals surface area contributed by atoms with E-state index in [9.17, 15) is 14.7 Å². The van der Waals surface area contributed by atoms with Gasteiger partial charge in [0.05, 0.1) is 7.11 Å². The Morgan fingerprint density at radius 2 is 2.09 bits per heavy atom. The van der Waals surface area contributed by atoms with Gasteiger partial charge in [-0.15, -0.1) is 11.3 Å². The van der Waals surface area contributed by atoms with Crippen LogP contribution >= 0.6 is 11.3 Å². The van der Waals surface area contributed by atoms with Gasteiger partial charge < -0.3 is 20.4 Å². The van der Waals surface area contributed by atoms with Gasteiger partial charge in [0.15, 0.2) is 5.13 Å². The highest BCUT2D eigenvalue weighted by Gasteiger charge is 2.44. The molecule has 1 saturated carbocycles. The predicted molar refractivity (Wildman–Crippen MR) is 79.6 cm³/mol. The maximum atomic E-state index is 12.0. The van der Waals surface area contributed by atoms with E-state index >= 15 is 0 Å². The number of rotatable bonds is 5. The number of thiazole rings is 1. The lowest BCUT2D eigenvalue weighted by molar-refractivity contribution is -0.174. The largest absolute Gasteiger partial charge is 0.476 e. The van der Waals surface area contributed by atoms with Crippen molar-refractivity contribution in [3.8, 4) is 0 Å². The van der Waals surface area contributed by atoms with E-state index in [4.69, 9.17) is 15.3 Å². The van der Waals surface area contributed by atoms with Crippen LogP contribution in [0, 0.1) is 0 Å². The van der Waals surface area contributed by atoms with E-state index in [2.05, 4.69) is 10.1 Å². The van der Waals surface area contributed by atoms with Crippen LogP contribution in [-0.4, -0.2) is 40.5 Å². The van der Waals surface area contributed by atoms with Crippen molar-refractivity contribution in [2.24, 2.45) is 5.16 Å². The van der Waals surface area contributed by atoms with E-state index in [0.29, 0.717) is 12.8 Å². The number of hydrogen-bond acceptors (Lipinski definition) is 8. The lowest BCUT2D eigenvalue weighted by Gasteiger charge is -2.31. The fourth-order valence-electron chi connectivity index (χ4n) is 2.37. The van der Waals surface area contributed by atoms with Crippen molar-refractivity contribution < 1.29 is 24.3 Å². The molecule has 0 saturated heterocycles. The zero-order valence-electron chi connectivity index (χ0n) is 12.1. The first-order valence-corrected chi connectivity index (χ1v) is 7.66. The summed E-state index contributed by atoms with van der Waals surface area (Å²) in [6.07, 6.45) is 3.44. The average Bonchev–Trinajstić information content (AvgIpc) is 2.93. The molecule has 1 aliphatic rings. The predicted octanol–water partition coefficient (Wildman–Crippen LogP) is 1.41. The van der Waals surface area contributed by atoms with Crippen LogP contribution in [0.5, 0.6) is 0 Å². The van der Waals surface area contributed by atoms with E-state index in [0.717, 1.165) is 30.6 Å². The quantitative estimate of drug-likeness (QED) is 0.476. The number of nitrogens with two attached hydrogens (primary N) is 1. The van der Waals surface area contributed by atoms with E-state index < -0.39 is 17.5 Å². The van der Waals surface area contributed by atoms with Gasteiger partial charge in [0.2, 0.25) is 11.3 Å². The van der Waals surface area contributed by atoms with Gasteiger partial charge in [-0.1, -0.05) is 11.6 Å². The Bertz CT molecular complexity index is 592. The summed E-state index contributed by atoms with van der Waals surface area (Å²) in [4.78, 5) is 32.6. The fraction of sp³-hybridized carbons (Fsp3) is 0.538. The SMILES string of the molecule is COC(=O)C1(ON=C(C(=O)O)c2csc(N)n2)CCCCC1. The number of carbonyl (C=O) groups is 2. The summed E-state index contributed by atoms with van der Waals surface area (Å²) >= 11 is 1.10. The van der Waals surface area contributed by atoms with Gasteiger partial charge in [-0.3, -0.25) is 0 Å². The molecule has 1 heterocycles. The van der Waals surface area contributed by atoms with Gasteiger partial charge >= 0.3 is 11.9 Å². The monoisotopic (exact) mass is 327 g/mol. The minimum atomic E-state index is -1.30. The number of aromatic nitrogens is 1. The number of nitrogen functional groups attached to an aromatic ring is 1. The number of hydrogen-bond donors (Lipinski definition) is 2. The Morgan fingerprint density at radius 3 is 2.59 bits per heavy atom. The molecular formula is C13H17N3O5S. The molecule has 0 spiro atoms. The number of carboxylic acid groups (broad SMARTS) is 1. The van der Waals surface area contributed by atoms with E-state index in [1.165, 1.54) is 12.5 Å². The number of esters is 1. The topological polar surface area (TPSA) is 124 Å². The Labute approximate surface area is 130 Å². The molecule has 1 aliphatic carbocycles. The summed E-state index contributed by atoms with van der Waals surface area (Å²) in [7, 11) is 1.27. The average molecular weight is 327 g/mol. The number of aliphatic carboxylic acids is 1. The molecule has 1 aromatic heterocycles. The molecule has 0 amide bonds. The molecule has 1 fully saturated rings. The smallest absolute Gasteiger partial charge is 0.360 e. The lowest BCUT2D eigenvalue weighted by atomic mass is 9.85. The van der Waals surface area contributed by atoms with Crippen LogP contribution in [0.25, 0.3) is 0 Å². The number of ether oxygens (including phenoxy) is 1. The van der Waals surface area contributed by atoms with Crippen molar-refractivity contribution in [1.29, 1.82) is 0 Å². The van der Waals surface area contributed by atoms with Crippen LogP contribution in [-0.2, 0) is 19.2 Å². The molecule has 120 valence electrons. The normalized spacial score (nSPS) is 17.8. The van der Waals surface area contributed by atoms with Crippen LogP contribution in [0.3, 0.4) is 0 Å². The highest BCUT2D eigenvalue weighted by molar-refractivity contribution is 7.13. The molecule has 22 heavy (non-hydrogen) atoms. The number of carbonyl (C=O) groups excluding carboxylic acids is 1. The summed E-state index contributed by atoms with van der Waals surface area (Å²) in [6, 6.07) is 0. The van der Waals surface area contributed by atoms with E-state index in [1.54, 1.807) is 0 Å². The van der Waals surface area contributed by atoms with Crippen molar-refractivity contribution >= 4 is 34.1 Å². The number of methoxy groups -OCH3 is 1. The third-order valence-electron chi connectivity index (χ3n) is 3.50. The summed E-state index contributed by atoms with van der Waals surface area (Å²) in [5, 5.41) is 14.6. The molecule has 0 aliphatic heterocycles. The molecule has 0 bridgehead atoms. The molecule has 8 nitrogen and oxygen atoms in total. The van der Waals surface area contributed by atoms with Crippen molar-refractivity contribution in [1.82, 2.24) is 4.98 Å². The molecular weight excluding hydrogens is 310 g/mol. The summed E-state index contributed by atoms with van der Waals surface area (Å²) in [5.41, 5.74) is 3.98. The van der Waals surface area contributed by atoms with Crippen LogP contribution in [0.2, 0.25) is 0 Å². The van der Waals surface area contributed by atoms with Crippen molar-refractivity contribution in [3.63, 3.8) is 0 Å². The molecule has 0 atom stereocenters. The minimum Gasteiger partial charge on any atom is -0.476 e. The Hall–Kier alpha value is -2.16. The summed E-state index contributed by atoms with van der Waals surface area (Å²) in [5.74, 6) is -1.85. The Morgan fingerprint density at radius 1 is 1.41 bits per heavy atom. The Balaban J connectivity index is 2.27. The molecule has 0 unspecified atom stereocenters. The third-order valence-corrected chi connectivity index (χ3v) is 4.17. The van der Waals surface area contributed by atoms with Gasteiger partial charge in [0.25, 0.3) is 0 Å². The first-order valence-electron chi connectivity index (χ1n) is 6.78. The first-order chi connectivity index (χ1) is 10.5. The van der Waals surface area contributed by atoms with Gasteiger partial charge in [0.1, 0.15) is 5.69 Å². The van der Waals surface area contributed by atoms with Crippen molar-refractivity contribution in [2.75, 3.05) is 12.8 Å². The maximum Gasteiger partial charge on any atom is 0.360 e. The van der Waals surface area contributed by atoms with Crippen LogP contribution in [0.15, 0.2) is 10.5 Å². The minimum absolute atomic E-state index is 0.103. The summed E-state index contributed by atoms with van der Waals surface area (Å²) in [6.45, 7) is 0. The van der Waals surface area contributed by atoms with Gasteiger partial charge in [-0.25, -0.2) is 14.6 Å². The molecule has 0 radical (unpaired) electrons. The van der Waals surface area contributed by atoms with Gasteiger partial charge in [-0.05, 0) is 12.8 Å². The van der Waals surface area contributed by atoms with Crippen LogP contribution in [0.1, 0.15) is 37.8 Å². The van der Waals surface area contributed by atoms with Crippen molar-refractivity contribution in [2.45, 2.75) is 37.7 Å². The zero-order valence-corrected chi connectivity index (χ0v) is 12.9. The highest BCUT2D eigenvalue weighted by atomic mass is 32.1. The number of carboxylic acids is 1. The van der Waals surface area contributed by atoms with E-state index in [-0.39, 0.29) is 16.5 Å². The molecule has 0 aromatic carbocycles. The van der Waals surface area contributed by atoms with Crippen molar-refractivity contribution in [3.05, 3.63) is 11.1 Å². The number of nitrogens with zero attached hydrogens (tertiary/aromatic N) is 2. The van der Waals surface area contributed by atoms with Gasteiger partial charge in [0, 0.05) is 18.2 Å². The zero-order chi connectivity index (χ0) is 16.2. The van der Waals surface area contributed by atoms with Gasteiger partial charge in [-0.2, -0.15) is 0 Å². The second-order valence-electron chi connectivity index (χ2n) is 4.95. The third kappa shape index (κ3) is 3.35. The fourth-order valence-corrected chi connectivity index (χ4v) is 2.91. The Kier molecular flexibility index (Phi) is 4.96. The lowest BCUT2D eigenvalue weighted by Crippen LogP contribution is -2.43. The molecule has 3 N–H and O–H groups in total. The van der Waals surface area contributed by atoms with Crippen LogP contribution in [0.4, 0.5) is 5.13 Å². The second kappa shape index (κ2) is 6.73. The standard InChI is InChI=1S/C13H17N3O5S/c1-20-11(19)13(5-3-2-4-6-13)21-16-9(10(17)18)8-7-22-12(14)15-8/h7H,2-6H2,1H3,(H2,14,15)(H,17,18). The number of oxime groups is 1. The molecule has 2 rings (SSSR count). The first kappa shape index (κ1) is 16.2. The highest BCUT2D eigenvalue weighted by Crippen LogP contribution is 2.33. The molecule has 9 heteroatoms. The molecule has 1 aromatic rings. The number of anilines is 1. The maximum absolute atomic E-state index is 12.0.